The Hall–Kier alpha value is -1.36. The lowest BCUT2D eigenvalue weighted by Gasteiger charge is -2.21. The van der Waals surface area contributed by atoms with Gasteiger partial charge in [-0.25, -0.2) is 0 Å². The molecule has 4 nitrogen and oxygen atoms in total. The number of halogens is 1. The molecule has 0 N–H and O–H groups in total. The molecular weight excluding hydrogens is 324 g/mol. The normalized spacial score (nSPS) is 11.1. The van der Waals surface area contributed by atoms with Crippen LogP contribution >= 0.6 is 15.9 Å². The summed E-state index contributed by atoms with van der Waals surface area (Å²) in [7, 11) is 0. The molecule has 110 valence electrons. The van der Waals surface area contributed by atoms with Crippen LogP contribution in [0.15, 0.2) is 22.7 Å². The van der Waals surface area contributed by atoms with Crippen LogP contribution in [0.5, 0.6) is 5.75 Å². The highest BCUT2D eigenvalue weighted by molar-refractivity contribution is 9.10. The van der Waals surface area contributed by atoms with Gasteiger partial charge in [0.05, 0.1) is 11.1 Å². The topological polar surface area (TPSA) is 52.6 Å². The first-order valence-electron chi connectivity index (χ1n) is 6.38. The van der Waals surface area contributed by atoms with Crippen LogP contribution in [0.25, 0.3) is 0 Å². The SMILES string of the molecule is CCOC(=O)C(C)(C)C(=O)COc1ccc(C)cc1Br. The van der Waals surface area contributed by atoms with Gasteiger partial charge >= 0.3 is 5.97 Å². The van der Waals surface area contributed by atoms with Gasteiger partial charge in [0.25, 0.3) is 0 Å². The average Bonchev–Trinajstić information content (AvgIpc) is 2.37. The van der Waals surface area contributed by atoms with Crippen LogP contribution < -0.4 is 4.74 Å². The van der Waals surface area contributed by atoms with E-state index in [4.69, 9.17) is 9.47 Å². The monoisotopic (exact) mass is 342 g/mol. The first-order chi connectivity index (χ1) is 9.28. The molecule has 0 fully saturated rings. The number of aryl methyl sites for hydroxylation is 1. The van der Waals surface area contributed by atoms with Gasteiger partial charge < -0.3 is 9.47 Å². The summed E-state index contributed by atoms with van der Waals surface area (Å²) in [6, 6.07) is 5.57. The Bertz CT molecular complexity index is 509. The summed E-state index contributed by atoms with van der Waals surface area (Å²) in [5.41, 5.74) is -0.116. The third kappa shape index (κ3) is 4.07. The fourth-order valence-corrected chi connectivity index (χ4v) is 2.08. The summed E-state index contributed by atoms with van der Waals surface area (Å²) < 4.78 is 11.1. The zero-order chi connectivity index (χ0) is 15.3. The van der Waals surface area contributed by atoms with Crippen LogP contribution in [0.4, 0.5) is 0 Å². The molecule has 1 aromatic carbocycles. The second kappa shape index (κ2) is 6.88. The number of hydrogen-bond donors (Lipinski definition) is 0. The van der Waals surface area contributed by atoms with E-state index in [0.29, 0.717) is 5.75 Å². The fourth-order valence-electron chi connectivity index (χ4n) is 1.47. The van der Waals surface area contributed by atoms with Crippen LogP contribution in [0.2, 0.25) is 0 Å². The predicted octanol–water partition coefficient (Wildman–Crippen LogP) is 3.29. The minimum Gasteiger partial charge on any atom is -0.485 e. The highest BCUT2D eigenvalue weighted by Gasteiger charge is 2.37. The van der Waals surface area contributed by atoms with Crippen molar-refractivity contribution in [3.63, 3.8) is 0 Å². The van der Waals surface area contributed by atoms with E-state index in [-0.39, 0.29) is 19.0 Å². The molecule has 0 atom stereocenters. The summed E-state index contributed by atoms with van der Waals surface area (Å²) in [5, 5.41) is 0. The number of benzene rings is 1. The highest BCUT2D eigenvalue weighted by atomic mass is 79.9. The van der Waals surface area contributed by atoms with Gasteiger partial charge in [0, 0.05) is 0 Å². The Morgan fingerprint density at radius 2 is 1.95 bits per heavy atom. The molecule has 0 aliphatic carbocycles. The number of carbonyl (C=O) groups is 2. The Kier molecular flexibility index (Phi) is 5.74. The van der Waals surface area contributed by atoms with Gasteiger partial charge in [-0.15, -0.1) is 0 Å². The van der Waals surface area contributed by atoms with Gasteiger partial charge in [-0.05, 0) is 61.3 Å². The third-order valence-corrected chi connectivity index (χ3v) is 3.55. The first kappa shape index (κ1) is 16.7. The Morgan fingerprint density at radius 1 is 1.30 bits per heavy atom. The molecule has 0 aromatic heterocycles. The fraction of sp³-hybridized carbons (Fsp3) is 0.467. The lowest BCUT2D eigenvalue weighted by atomic mass is 9.88. The van der Waals surface area contributed by atoms with Crippen molar-refractivity contribution in [3.05, 3.63) is 28.2 Å². The lowest BCUT2D eigenvalue weighted by molar-refractivity contribution is -0.158. The van der Waals surface area contributed by atoms with Gasteiger partial charge in [-0.2, -0.15) is 0 Å². The largest absolute Gasteiger partial charge is 0.485 e. The maximum atomic E-state index is 12.1. The number of ether oxygens (including phenoxy) is 2. The van der Waals surface area contributed by atoms with Crippen LogP contribution in [0.3, 0.4) is 0 Å². The standard InChI is InChI=1S/C15H19BrO4/c1-5-19-14(18)15(3,4)13(17)9-20-12-7-6-10(2)8-11(12)16/h6-8H,5,9H2,1-4H3. The van der Waals surface area contributed by atoms with E-state index in [9.17, 15) is 9.59 Å². The minimum absolute atomic E-state index is 0.173. The van der Waals surface area contributed by atoms with Crippen LogP contribution in [-0.2, 0) is 14.3 Å². The van der Waals surface area contributed by atoms with Crippen molar-refractivity contribution in [2.75, 3.05) is 13.2 Å². The van der Waals surface area contributed by atoms with E-state index < -0.39 is 11.4 Å². The first-order valence-corrected chi connectivity index (χ1v) is 7.17. The maximum absolute atomic E-state index is 12.1. The van der Waals surface area contributed by atoms with Crippen molar-refractivity contribution in [1.29, 1.82) is 0 Å². The second-order valence-corrected chi connectivity index (χ2v) is 5.85. The molecule has 0 spiro atoms. The van der Waals surface area contributed by atoms with E-state index in [1.807, 2.05) is 19.1 Å². The molecular formula is C15H19BrO4. The zero-order valence-electron chi connectivity index (χ0n) is 12.2. The molecule has 1 aromatic rings. The Morgan fingerprint density at radius 3 is 2.50 bits per heavy atom. The molecule has 1 rings (SSSR count). The van der Waals surface area contributed by atoms with E-state index >= 15 is 0 Å². The van der Waals surface area contributed by atoms with E-state index in [1.54, 1.807) is 26.8 Å². The summed E-state index contributed by atoms with van der Waals surface area (Å²) >= 11 is 3.37. The highest BCUT2D eigenvalue weighted by Crippen LogP contribution is 2.27. The van der Waals surface area contributed by atoms with Gasteiger partial charge in [0.2, 0.25) is 0 Å². The van der Waals surface area contributed by atoms with Gasteiger partial charge in [0.15, 0.2) is 5.78 Å². The van der Waals surface area contributed by atoms with Gasteiger partial charge in [-0.3, -0.25) is 9.59 Å². The lowest BCUT2D eigenvalue weighted by Crippen LogP contribution is -2.38. The van der Waals surface area contributed by atoms with Crippen molar-refractivity contribution in [1.82, 2.24) is 0 Å². The van der Waals surface area contributed by atoms with Crippen LogP contribution in [0.1, 0.15) is 26.3 Å². The molecule has 0 bridgehead atoms. The van der Waals surface area contributed by atoms with Crippen molar-refractivity contribution in [3.8, 4) is 5.75 Å². The van der Waals surface area contributed by atoms with Gasteiger partial charge in [0.1, 0.15) is 17.8 Å². The summed E-state index contributed by atoms with van der Waals surface area (Å²) in [6.45, 7) is 6.83. The number of carbonyl (C=O) groups excluding carboxylic acids is 2. The zero-order valence-corrected chi connectivity index (χ0v) is 13.7. The van der Waals surface area contributed by atoms with Gasteiger partial charge in [-0.1, -0.05) is 6.07 Å². The number of hydrogen-bond acceptors (Lipinski definition) is 4. The van der Waals surface area contributed by atoms with E-state index in [2.05, 4.69) is 15.9 Å². The molecule has 0 aliphatic heterocycles. The number of esters is 1. The Balaban J connectivity index is 2.69. The molecule has 5 heteroatoms. The molecule has 0 saturated heterocycles. The number of rotatable bonds is 6. The molecule has 0 amide bonds. The van der Waals surface area contributed by atoms with Crippen molar-refractivity contribution >= 4 is 27.7 Å². The van der Waals surface area contributed by atoms with Crippen LogP contribution in [0, 0.1) is 12.3 Å². The molecule has 0 saturated carbocycles. The smallest absolute Gasteiger partial charge is 0.319 e. The van der Waals surface area contributed by atoms with E-state index in [0.717, 1.165) is 10.0 Å². The van der Waals surface area contributed by atoms with Crippen molar-refractivity contribution in [2.45, 2.75) is 27.7 Å². The molecule has 0 aliphatic rings. The van der Waals surface area contributed by atoms with Crippen LogP contribution in [-0.4, -0.2) is 25.0 Å². The van der Waals surface area contributed by atoms with E-state index in [1.165, 1.54) is 0 Å². The maximum Gasteiger partial charge on any atom is 0.319 e. The summed E-state index contributed by atoms with van der Waals surface area (Å²) in [4.78, 5) is 23.8. The average molecular weight is 343 g/mol. The molecule has 0 heterocycles. The quantitative estimate of drug-likeness (QED) is 0.588. The predicted molar refractivity (Wildman–Crippen MR) is 79.8 cm³/mol. The molecule has 20 heavy (non-hydrogen) atoms. The Labute approximate surface area is 127 Å². The van der Waals surface area contributed by atoms with Crippen molar-refractivity contribution < 1.29 is 19.1 Å². The summed E-state index contributed by atoms with van der Waals surface area (Å²) in [6.07, 6.45) is 0. The minimum atomic E-state index is -1.20. The molecule has 0 radical (unpaired) electrons. The number of ketones is 1. The van der Waals surface area contributed by atoms with Crippen molar-refractivity contribution in [2.24, 2.45) is 5.41 Å². The second-order valence-electron chi connectivity index (χ2n) is 4.99. The molecule has 0 unspecified atom stereocenters. The summed E-state index contributed by atoms with van der Waals surface area (Å²) in [5.74, 6) is -0.274. The number of Topliss-reactive ketones (excluding diaryl/α,β-unsaturated/α-hetero) is 1. The third-order valence-electron chi connectivity index (χ3n) is 2.93.